The molecule has 1 aliphatic heterocycles. The first-order chi connectivity index (χ1) is 23.3. The van der Waals surface area contributed by atoms with Crippen LogP contribution in [0.25, 0.3) is 0 Å². The van der Waals surface area contributed by atoms with Crippen LogP contribution in [0.5, 0.6) is 0 Å². The average Bonchev–Trinajstić information content (AvgIpc) is 3.99. The zero-order chi connectivity index (χ0) is 36.9. The lowest BCUT2D eigenvalue weighted by Gasteiger charge is -2.40. The van der Waals surface area contributed by atoms with Crippen molar-refractivity contribution in [3.63, 3.8) is 0 Å². The molecule has 12 nitrogen and oxygen atoms in total. The van der Waals surface area contributed by atoms with Crippen molar-refractivity contribution in [1.29, 1.82) is 0 Å². The van der Waals surface area contributed by atoms with Gasteiger partial charge < -0.3 is 26.2 Å². The first kappa shape index (κ1) is 38.3. The van der Waals surface area contributed by atoms with Gasteiger partial charge in [0.2, 0.25) is 17.6 Å². The van der Waals surface area contributed by atoms with Crippen LogP contribution in [0, 0.1) is 28.6 Å². The van der Waals surface area contributed by atoms with Crippen molar-refractivity contribution in [3.05, 3.63) is 12.7 Å². The Bertz CT molecular complexity index is 1490. The molecule has 13 heteroatoms. The van der Waals surface area contributed by atoms with Crippen LogP contribution in [-0.4, -0.2) is 90.1 Å². The number of carbonyl (C=O) groups is 5. The number of fused-ring (bicyclic) bond motifs is 1. The fraction of sp³-hybridized carbons (Fsp3) is 0.811. The van der Waals surface area contributed by atoms with Gasteiger partial charge in [0.05, 0.1) is 22.1 Å². The summed E-state index contributed by atoms with van der Waals surface area (Å²) in [6, 6.07) is -3.34. The van der Waals surface area contributed by atoms with Crippen LogP contribution in [0.15, 0.2) is 12.7 Å². The molecule has 5 atom stereocenters. The molecule has 0 aromatic heterocycles. The first-order valence-electron chi connectivity index (χ1n) is 18.6. The number of urea groups is 1. The Morgan fingerprint density at radius 3 is 2.16 bits per heavy atom. The maximum absolute atomic E-state index is 14.5. The largest absolute Gasteiger partial charge is 0.349 e. The van der Waals surface area contributed by atoms with Gasteiger partial charge in [0.25, 0.3) is 5.91 Å². The zero-order valence-electron chi connectivity index (χ0n) is 30.9. The van der Waals surface area contributed by atoms with Crippen molar-refractivity contribution in [2.24, 2.45) is 28.6 Å². The van der Waals surface area contributed by atoms with Crippen LogP contribution >= 0.6 is 0 Å². The van der Waals surface area contributed by atoms with Crippen molar-refractivity contribution >= 4 is 39.4 Å². The summed E-state index contributed by atoms with van der Waals surface area (Å²) < 4.78 is 25.7. The zero-order valence-corrected chi connectivity index (χ0v) is 31.7. The highest BCUT2D eigenvalue weighted by Gasteiger charge is 2.70. The van der Waals surface area contributed by atoms with Crippen LogP contribution in [0.2, 0.25) is 0 Å². The van der Waals surface area contributed by atoms with E-state index in [4.69, 9.17) is 0 Å². The second-order valence-corrected chi connectivity index (χ2v) is 20.5. The normalized spacial score (nSPS) is 27.2. The van der Waals surface area contributed by atoms with E-state index in [9.17, 15) is 32.4 Å². The van der Waals surface area contributed by atoms with Crippen LogP contribution in [0.4, 0.5) is 4.79 Å². The number of piperidine rings is 1. The summed E-state index contributed by atoms with van der Waals surface area (Å²) in [5.41, 5.74) is -1.63. The molecule has 280 valence electrons. The second kappa shape index (κ2) is 13.9. The minimum Gasteiger partial charge on any atom is -0.349 e. The molecular weight excluding hydrogens is 659 g/mol. The Morgan fingerprint density at radius 1 is 0.960 bits per heavy atom. The van der Waals surface area contributed by atoms with Crippen molar-refractivity contribution in [2.75, 3.05) is 18.8 Å². The molecule has 0 spiro atoms. The van der Waals surface area contributed by atoms with Gasteiger partial charge in [-0.1, -0.05) is 59.0 Å². The van der Waals surface area contributed by atoms with Crippen LogP contribution in [-0.2, 0) is 29.0 Å². The number of nitrogens with zero attached hydrogens (tertiary/aromatic N) is 1. The smallest absolute Gasteiger partial charge is 0.315 e. The van der Waals surface area contributed by atoms with E-state index in [0.717, 1.165) is 44.9 Å². The molecule has 0 radical (unpaired) electrons. The quantitative estimate of drug-likeness (QED) is 0.114. The van der Waals surface area contributed by atoms with Gasteiger partial charge in [0, 0.05) is 13.1 Å². The molecule has 1 saturated heterocycles. The predicted octanol–water partition coefficient (Wildman–Crippen LogP) is 3.40. The maximum Gasteiger partial charge on any atom is 0.315 e. The molecule has 0 aromatic carbocycles. The highest BCUT2D eigenvalue weighted by atomic mass is 32.2. The Hall–Kier alpha value is -2.96. The van der Waals surface area contributed by atoms with E-state index in [1.807, 2.05) is 6.92 Å². The Balaban J connectivity index is 1.33. The highest BCUT2D eigenvalue weighted by Crippen LogP contribution is 2.65. The van der Waals surface area contributed by atoms with E-state index < -0.39 is 67.3 Å². The van der Waals surface area contributed by atoms with Gasteiger partial charge >= 0.3 is 6.03 Å². The third kappa shape index (κ3) is 8.07. The molecule has 50 heavy (non-hydrogen) atoms. The van der Waals surface area contributed by atoms with Gasteiger partial charge in [-0.15, -0.1) is 6.58 Å². The summed E-state index contributed by atoms with van der Waals surface area (Å²) in [6.07, 6.45) is 9.44. The number of amides is 5. The van der Waals surface area contributed by atoms with Gasteiger partial charge in [-0.25, -0.2) is 13.2 Å². The molecule has 3 unspecified atom stereocenters. The minimum atomic E-state index is -3.55. The minimum absolute atomic E-state index is 0.0802. The van der Waals surface area contributed by atoms with Gasteiger partial charge in [-0.2, -0.15) is 0 Å². The van der Waals surface area contributed by atoms with E-state index in [1.165, 1.54) is 0 Å². The Morgan fingerprint density at radius 2 is 1.60 bits per heavy atom. The first-order valence-corrected chi connectivity index (χ1v) is 20.3. The van der Waals surface area contributed by atoms with Crippen molar-refractivity contribution in [3.8, 4) is 0 Å². The number of carbonyl (C=O) groups excluding carboxylic acids is 5. The number of likely N-dealkylation sites (tertiary alicyclic amines) is 1. The SMILES string of the molecule is C=CCCNC(=O)C(=O)C(CC1CC1)NC(=O)[C@@H]1C2C(CN1C(=O)[C@@H](NC(=O)NC1(CS(=O)(=O)C(C)(C)C)CCCCC1)C1(C)CC1)C2(C)C. The maximum atomic E-state index is 14.5. The van der Waals surface area contributed by atoms with Gasteiger partial charge in [0.1, 0.15) is 12.1 Å². The third-order valence-corrected chi connectivity index (χ3v) is 15.2. The van der Waals surface area contributed by atoms with E-state index >= 15 is 0 Å². The van der Waals surface area contributed by atoms with Crippen molar-refractivity contribution in [2.45, 2.75) is 141 Å². The summed E-state index contributed by atoms with van der Waals surface area (Å²) in [4.78, 5) is 70.0. The molecule has 1 heterocycles. The van der Waals surface area contributed by atoms with Crippen LogP contribution < -0.4 is 21.3 Å². The summed E-state index contributed by atoms with van der Waals surface area (Å²) in [7, 11) is -3.55. The molecule has 0 bridgehead atoms. The number of ketones is 1. The Kier molecular flexibility index (Phi) is 10.6. The molecule has 0 aromatic rings. The van der Waals surface area contributed by atoms with Crippen molar-refractivity contribution in [1.82, 2.24) is 26.2 Å². The predicted molar refractivity (Wildman–Crippen MR) is 191 cm³/mol. The van der Waals surface area contributed by atoms with E-state index in [1.54, 1.807) is 31.7 Å². The molecule has 5 rings (SSSR count). The third-order valence-electron chi connectivity index (χ3n) is 12.4. The Labute approximate surface area is 298 Å². The number of nitrogens with one attached hydrogen (secondary N) is 4. The summed E-state index contributed by atoms with van der Waals surface area (Å²) in [5.74, 6) is -2.21. The van der Waals surface area contributed by atoms with E-state index in [-0.39, 0.29) is 41.4 Å². The summed E-state index contributed by atoms with van der Waals surface area (Å²) in [5, 5.41) is 11.5. The standard InChI is InChI=1S/C37H59N5O7S/c1-8-9-19-38-31(45)28(43)25(20-23-13-14-23)39-30(44)27-26-24(35(26,5)6)21-42(27)32(46)29(36(7)17-18-36)40-33(47)41-37(15-11-10-12-16-37)22-50(48,49)34(2,3)4/h8,23-27,29H,1,9-22H2,2-7H3,(H,38,45)(H,39,44)(H2,40,41,47)/t24?,25?,26?,27-,29+/m0/s1. The molecule has 5 amide bonds. The van der Waals surface area contributed by atoms with Gasteiger partial charge in [-0.05, 0) is 87.9 Å². The van der Waals surface area contributed by atoms with E-state index in [0.29, 0.717) is 32.2 Å². The number of hydrogen-bond donors (Lipinski definition) is 4. The number of sulfone groups is 1. The lowest BCUT2D eigenvalue weighted by atomic mass is 9.83. The lowest BCUT2D eigenvalue weighted by molar-refractivity contribution is -0.144. The molecule has 4 N–H and O–H groups in total. The summed E-state index contributed by atoms with van der Waals surface area (Å²) in [6.45, 7) is 15.3. The van der Waals surface area contributed by atoms with Crippen molar-refractivity contribution < 1.29 is 32.4 Å². The average molecular weight is 718 g/mol. The van der Waals surface area contributed by atoms with Crippen LogP contribution in [0.1, 0.15) is 112 Å². The fourth-order valence-corrected chi connectivity index (χ4v) is 9.75. The van der Waals surface area contributed by atoms with E-state index in [2.05, 4.69) is 41.7 Å². The lowest BCUT2D eigenvalue weighted by Crippen LogP contribution is -2.63. The highest BCUT2D eigenvalue weighted by molar-refractivity contribution is 7.92. The van der Waals surface area contributed by atoms with Crippen LogP contribution in [0.3, 0.4) is 0 Å². The topological polar surface area (TPSA) is 171 Å². The number of Topliss-reactive ketones (excluding diaryl/α,β-unsaturated/α-hetero) is 1. The molecular formula is C37H59N5O7S. The number of rotatable bonds is 15. The summed E-state index contributed by atoms with van der Waals surface area (Å²) >= 11 is 0. The molecule has 5 fully saturated rings. The fourth-order valence-electron chi connectivity index (χ4n) is 8.23. The van der Waals surface area contributed by atoms with Gasteiger partial charge in [-0.3, -0.25) is 19.2 Å². The molecule has 4 saturated carbocycles. The molecule has 5 aliphatic rings. The van der Waals surface area contributed by atoms with Gasteiger partial charge in [0.15, 0.2) is 9.84 Å². The molecule has 4 aliphatic carbocycles. The monoisotopic (exact) mass is 717 g/mol. The number of hydrogen-bond acceptors (Lipinski definition) is 7. The second-order valence-electron chi connectivity index (χ2n) is 17.7.